The molecule has 168 valence electrons. The van der Waals surface area contributed by atoms with Gasteiger partial charge in [0.2, 0.25) is 0 Å². The minimum Gasteiger partial charge on any atom is -0.487 e. The number of carbonyl (C=O) groups is 1. The summed E-state index contributed by atoms with van der Waals surface area (Å²) in [6.07, 6.45) is 1.80. The number of hydrogen-bond acceptors (Lipinski definition) is 4. The van der Waals surface area contributed by atoms with Crippen molar-refractivity contribution in [2.24, 2.45) is 4.99 Å². The molecule has 1 aliphatic rings. The molecule has 33 heavy (non-hydrogen) atoms. The Morgan fingerprint density at radius 3 is 2.48 bits per heavy atom. The number of halogens is 5. The van der Waals surface area contributed by atoms with E-state index in [9.17, 15) is 9.18 Å². The van der Waals surface area contributed by atoms with Gasteiger partial charge >= 0.3 is 0 Å². The average molecular weight is 725 g/mol. The zero-order chi connectivity index (χ0) is 23.5. The van der Waals surface area contributed by atoms with Gasteiger partial charge in [0.05, 0.1) is 27.8 Å². The van der Waals surface area contributed by atoms with Crippen LogP contribution in [0.15, 0.2) is 64.5 Å². The van der Waals surface area contributed by atoms with Crippen LogP contribution in [0.1, 0.15) is 11.1 Å². The average Bonchev–Trinajstić information content (AvgIpc) is 3.10. The summed E-state index contributed by atoms with van der Waals surface area (Å²) in [4.78, 5) is 17.4. The number of benzene rings is 3. The van der Waals surface area contributed by atoms with Crippen LogP contribution in [0.3, 0.4) is 0 Å². The van der Waals surface area contributed by atoms with Gasteiger partial charge in [-0.15, -0.1) is 0 Å². The first-order chi connectivity index (χ1) is 15.8. The monoisotopic (exact) mass is 724 g/mol. The fraction of sp³-hybridized carbons (Fsp3) is 0.0435. The third-order valence-electron chi connectivity index (χ3n) is 4.42. The van der Waals surface area contributed by atoms with Crippen molar-refractivity contribution in [3.63, 3.8) is 0 Å². The summed E-state index contributed by atoms with van der Waals surface area (Å²) >= 11 is 17.9. The molecule has 0 saturated carbocycles. The van der Waals surface area contributed by atoms with Crippen molar-refractivity contribution in [2.45, 2.75) is 6.61 Å². The second-order valence-corrected chi connectivity index (χ2v) is 10.9. The molecule has 1 N–H and O–H groups in total. The lowest BCUT2D eigenvalue weighted by atomic mass is 10.2. The van der Waals surface area contributed by atoms with Gasteiger partial charge in [0.15, 0.2) is 5.17 Å². The van der Waals surface area contributed by atoms with Crippen LogP contribution in [0.4, 0.5) is 10.1 Å². The smallest absolute Gasteiger partial charge is 0.264 e. The van der Waals surface area contributed by atoms with Crippen molar-refractivity contribution < 1.29 is 13.9 Å². The minimum absolute atomic E-state index is 0.237. The highest BCUT2D eigenvalue weighted by Gasteiger charge is 2.24. The molecule has 1 saturated heterocycles. The van der Waals surface area contributed by atoms with Crippen molar-refractivity contribution in [2.75, 3.05) is 0 Å². The van der Waals surface area contributed by atoms with Gasteiger partial charge in [-0.2, -0.15) is 0 Å². The summed E-state index contributed by atoms with van der Waals surface area (Å²) in [7, 11) is 0. The molecule has 1 heterocycles. The van der Waals surface area contributed by atoms with Gasteiger partial charge in [0.1, 0.15) is 18.2 Å². The van der Waals surface area contributed by atoms with Crippen molar-refractivity contribution in [3.8, 4) is 5.75 Å². The molecule has 3 aromatic carbocycles. The second-order valence-electron chi connectivity index (χ2n) is 6.78. The lowest BCUT2D eigenvalue weighted by Gasteiger charge is -2.12. The highest BCUT2D eigenvalue weighted by molar-refractivity contribution is 14.1. The van der Waals surface area contributed by atoms with Gasteiger partial charge in [-0.05, 0) is 111 Å². The lowest BCUT2D eigenvalue weighted by molar-refractivity contribution is -0.115. The molecule has 0 radical (unpaired) electrons. The van der Waals surface area contributed by atoms with Crippen LogP contribution in [0.25, 0.3) is 6.08 Å². The number of thioether (sulfide) groups is 1. The first-order valence-corrected chi connectivity index (χ1v) is 13.1. The van der Waals surface area contributed by atoms with E-state index in [2.05, 4.69) is 55.5 Å². The van der Waals surface area contributed by atoms with Crippen LogP contribution in [-0.4, -0.2) is 11.1 Å². The Morgan fingerprint density at radius 2 is 1.79 bits per heavy atom. The van der Waals surface area contributed by atoms with Crippen LogP contribution in [0, 0.1) is 13.0 Å². The van der Waals surface area contributed by atoms with Crippen LogP contribution < -0.4 is 10.1 Å². The minimum atomic E-state index is -0.280. The summed E-state index contributed by atoms with van der Waals surface area (Å²) in [6, 6.07) is 15.2. The number of ether oxygens (including phenoxy) is 1. The summed E-state index contributed by atoms with van der Waals surface area (Å²) in [5.41, 5.74) is 2.22. The molecule has 1 amide bonds. The quantitative estimate of drug-likeness (QED) is 0.216. The Hall–Kier alpha value is -1.34. The molecule has 0 spiro atoms. The van der Waals surface area contributed by atoms with Crippen molar-refractivity contribution in [1.82, 2.24) is 5.32 Å². The Morgan fingerprint density at radius 1 is 1.09 bits per heavy atom. The van der Waals surface area contributed by atoms with E-state index in [0.717, 1.165) is 24.0 Å². The van der Waals surface area contributed by atoms with E-state index in [1.807, 2.05) is 12.1 Å². The molecule has 3 aromatic rings. The molecule has 0 atom stereocenters. The molecule has 0 unspecified atom stereocenters. The topological polar surface area (TPSA) is 50.7 Å². The van der Waals surface area contributed by atoms with Gasteiger partial charge in [-0.25, -0.2) is 9.38 Å². The van der Waals surface area contributed by atoms with Gasteiger partial charge in [-0.3, -0.25) is 4.79 Å². The number of amidine groups is 1. The standard InChI is InChI=1S/C23H13Cl2FI2N2O2S/c24-15-2-1-3-18(20(15)25)29-23-30-22(31)19(33-23)10-13-8-16(27)21(17(28)9-13)32-11-12-4-6-14(26)7-5-12/h1-10H,11H2,(H,29,30,31)/b19-10+. The maximum atomic E-state index is 13.1. The number of hydrogen-bond donors (Lipinski definition) is 1. The molecule has 0 aromatic heterocycles. The zero-order valence-corrected chi connectivity index (χ0v) is 23.2. The van der Waals surface area contributed by atoms with Gasteiger partial charge in [0, 0.05) is 0 Å². The molecule has 0 bridgehead atoms. The van der Waals surface area contributed by atoms with E-state index in [0.29, 0.717) is 32.4 Å². The third kappa shape index (κ3) is 6.21. The van der Waals surface area contributed by atoms with Crippen molar-refractivity contribution in [3.05, 3.63) is 93.6 Å². The number of rotatable bonds is 5. The highest BCUT2D eigenvalue weighted by Crippen LogP contribution is 2.35. The van der Waals surface area contributed by atoms with E-state index in [4.69, 9.17) is 27.9 Å². The molecule has 4 rings (SSSR count). The fourth-order valence-electron chi connectivity index (χ4n) is 2.86. The summed E-state index contributed by atoms with van der Waals surface area (Å²) < 4.78 is 20.8. The number of aliphatic imine (C=N–C) groups is 1. The highest BCUT2D eigenvalue weighted by atomic mass is 127. The van der Waals surface area contributed by atoms with E-state index in [1.165, 1.54) is 23.9 Å². The first-order valence-electron chi connectivity index (χ1n) is 9.40. The number of nitrogens with one attached hydrogen (secondary N) is 1. The predicted octanol–water partition coefficient (Wildman–Crippen LogP) is 7.81. The molecular weight excluding hydrogens is 712 g/mol. The van der Waals surface area contributed by atoms with Gasteiger partial charge in [-0.1, -0.05) is 41.4 Å². The normalized spacial score (nSPS) is 15.8. The third-order valence-corrected chi connectivity index (χ3v) is 7.74. The molecular formula is C23H13Cl2FI2N2O2S. The van der Waals surface area contributed by atoms with E-state index < -0.39 is 0 Å². The van der Waals surface area contributed by atoms with Crippen molar-refractivity contribution >= 4 is 103 Å². The lowest BCUT2D eigenvalue weighted by Crippen LogP contribution is -2.19. The Balaban J connectivity index is 1.51. The van der Waals surface area contributed by atoms with Crippen LogP contribution in [0.5, 0.6) is 5.75 Å². The second kappa shape index (κ2) is 10.9. The first kappa shape index (κ1) is 24.8. The summed E-state index contributed by atoms with van der Waals surface area (Å²) in [5.74, 6) is 0.223. The van der Waals surface area contributed by atoms with Crippen LogP contribution in [-0.2, 0) is 11.4 Å². The Labute approximate surface area is 231 Å². The Bertz CT molecular complexity index is 1280. The maximum Gasteiger partial charge on any atom is 0.264 e. The van der Waals surface area contributed by atoms with E-state index in [1.54, 1.807) is 36.4 Å². The zero-order valence-electron chi connectivity index (χ0n) is 16.5. The molecule has 10 heteroatoms. The van der Waals surface area contributed by atoms with Crippen LogP contribution in [0.2, 0.25) is 10.0 Å². The van der Waals surface area contributed by atoms with Gasteiger partial charge in [0.25, 0.3) is 5.91 Å². The predicted molar refractivity (Wildman–Crippen MR) is 150 cm³/mol. The SMILES string of the molecule is O=C1NC(=Nc2cccc(Cl)c2Cl)S/C1=C/c1cc(I)c(OCc2ccc(F)cc2)c(I)c1. The maximum absolute atomic E-state index is 13.1. The molecule has 4 nitrogen and oxygen atoms in total. The fourth-order valence-corrected chi connectivity index (χ4v) is 6.16. The largest absolute Gasteiger partial charge is 0.487 e. The van der Waals surface area contributed by atoms with E-state index in [-0.39, 0.29) is 11.7 Å². The number of carbonyl (C=O) groups excluding carboxylic acids is 1. The van der Waals surface area contributed by atoms with E-state index >= 15 is 0 Å². The van der Waals surface area contributed by atoms with Gasteiger partial charge < -0.3 is 10.1 Å². The Kier molecular flexibility index (Phi) is 8.21. The number of amides is 1. The summed E-state index contributed by atoms with van der Waals surface area (Å²) in [6.45, 7) is 0.330. The molecule has 1 aliphatic heterocycles. The molecule has 1 fully saturated rings. The molecule has 0 aliphatic carbocycles. The number of nitrogens with zero attached hydrogens (tertiary/aromatic N) is 1. The summed E-state index contributed by atoms with van der Waals surface area (Å²) in [5, 5.41) is 3.91. The van der Waals surface area contributed by atoms with Crippen LogP contribution >= 0.6 is 80.1 Å². The van der Waals surface area contributed by atoms with Crippen molar-refractivity contribution in [1.29, 1.82) is 0 Å².